The molecule has 0 saturated heterocycles. The van der Waals surface area contributed by atoms with E-state index in [1.807, 2.05) is 0 Å². The van der Waals surface area contributed by atoms with Gasteiger partial charge in [0.15, 0.2) is 4.90 Å². The maximum absolute atomic E-state index is 12.2. The van der Waals surface area contributed by atoms with Crippen molar-refractivity contribution in [1.29, 1.82) is 0 Å². The van der Waals surface area contributed by atoms with Crippen LogP contribution in [0.2, 0.25) is 0 Å². The second-order valence-electron chi connectivity index (χ2n) is 6.46. The molecule has 0 aliphatic carbocycles. The highest BCUT2D eigenvalue weighted by Gasteiger charge is 2.25. The van der Waals surface area contributed by atoms with Crippen molar-refractivity contribution in [2.24, 2.45) is 0 Å². The molecule has 25 heavy (non-hydrogen) atoms. The fourth-order valence-corrected chi connectivity index (χ4v) is 3.12. The first-order chi connectivity index (χ1) is 11.4. The summed E-state index contributed by atoms with van der Waals surface area (Å²) in [6.45, 7) is 6.91. The van der Waals surface area contributed by atoms with Crippen molar-refractivity contribution in [3.8, 4) is 0 Å². The van der Waals surface area contributed by atoms with Crippen LogP contribution >= 0.6 is 0 Å². The number of benzene rings is 1. The van der Waals surface area contributed by atoms with E-state index in [4.69, 9.17) is 4.74 Å². The van der Waals surface area contributed by atoms with Gasteiger partial charge in [0.25, 0.3) is 5.69 Å². The number of sulfonamides is 1. The van der Waals surface area contributed by atoms with Gasteiger partial charge in [-0.05, 0) is 40.2 Å². The molecule has 0 radical (unpaired) electrons. The van der Waals surface area contributed by atoms with Gasteiger partial charge in [-0.2, -0.15) is 0 Å². The monoisotopic (exact) mass is 373 g/mol. The van der Waals surface area contributed by atoms with Gasteiger partial charge >= 0.3 is 6.09 Å². The van der Waals surface area contributed by atoms with E-state index in [2.05, 4.69) is 10.0 Å². The zero-order chi connectivity index (χ0) is 19.3. The van der Waals surface area contributed by atoms with Crippen LogP contribution in [-0.4, -0.2) is 37.6 Å². The first-order valence-corrected chi connectivity index (χ1v) is 9.13. The highest BCUT2D eigenvalue weighted by molar-refractivity contribution is 7.89. The molecule has 10 heteroatoms. The number of alkyl carbamates (subject to hydrolysis) is 1. The Hall–Kier alpha value is -2.20. The van der Waals surface area contributed by atoms with Crippen LogP contribution in [0.25, 0.3) is 0 Å². The third-order valence-electron chi connectivity index (χ3n) is 2.98. The van der Waals surface area contributed by atoms with Gasteiger partial charge in [-0.25, -0.2) is 17.9 Å². The van der Waals surface area contributed by atoms with E-state index in [9.17, 15) is 23.3 Å². The Bertz CT molecular complexity index is 727. The number of para-hydroxylation sites is 1. The van der Waals surface area contributed by atoms with Crippen LogP contribution in [0.15, 0.2) is 29.2 Å². The van der Waals surface area contributed by atoms with Gasteiger partial charge in [-0.3, -0.25) is 10.1 Å². The molecule has 0 heterocycles. The van der Waals surface area contributed by atoms with Gasteiger partial charge in [-0.1, -0.05) is 12.1 Å². The maximum Gasteiger partial charge on any atom is 0.407 e. The molecule has 1 aromatic rings. The summed E-state index contributed by atoms with van der Waals surface area (Å²) in [6, 6.07) is 4.76. The number of nitro groups is 1. The second kappa shape index (κ2) is 8.26. The first kappa shape index (κ1) is 20.8. The smallest absolute Gasteiger partial charge is 0.407 e. The molecule has 1 rings (SSSR count). The van der Waals surface area contributed by atoms with E-state index in [0.29, 0.717) is 6.42 Å². The number of carbonyl (C=O) groups excluding carboxylic acids is 1. The van der Waals surface area contributed by atoms with E-state index in [-0.39, 0.29) is 12.6 Å². The van der Waals surface area contributed by atoms with E-state index in [1.54, 1.807) is 27.7 Å². The lowest BCUT2D eigenvalue weighted by Gasteiger charge is -2.22. The average Bonchev–Trinajstić information content (AvgIpc) is 2.44. The molecule has 0 aliphatic heterocycles. The lowest BCUT2D eigenvalue weighted by molar-refractivity contribution is -0.387. The summed E-state index contributed by atoms with van der Waals surface area (Å²) < 4.78 is 31.8. The number of ether oxygens (including phenoxy) is 1. The molecule has 1 amide bonds. The Morgan fingerprint density at radius 3 is 2.48 bits per heavy atom. The van der Waals surface area contributed by atoms with Crippen molar-refractivity contribution in [1.82, 2.24) is 10.0 Å². The Morgan fingerprint density at radius 1 is 1.32 bits per heavy atom. The second-order valence-corrected chi connectivity index (χ2v) is 8.19. The molecule has 0 saturated carbocycles. The van der Waals surface area contributed by atoms with Crippen molar-refractivity contribution in [3.05, 3.63) is 34.4 Å². The standard InChI is InChI=1S/C15H23N3O6S/c1-11(17-14(19)24-15(2,3)4)9-10-16-25(22,23)13-8-6-5-7-12(13)18(20)21/h5-8,11,16H,9-10H2,1-4H3,(H,17,19)/t11-/m0/s1. The van der Waals surface area contributed by atoms with Crippen LogP contribution in [0, 0.1) is 10.1 Å². The quantitative estimate of drug-likeness (QED) is 0.557. The number of rotatable bonds is 7. The van der Waals surface area contributed by atoms with Crippen molar-refractivity contribution in [3.63, 3.8) is 0 Å². The number of hydrogen-bond donors (Lipinski definition) is 2. The summed E-state index contributed by atoms with van der Waals surface area (Å²) in [4.78, 5) is 21.4. The molecule has 0 spiro atoms. The molecule has 1 aromatic carbocycles. The maximum atomic E-state index is 12.2. The van der Waals surface area contributed by atoms with Gasteiger partial charge in [0.05, 0.1) is 4.92 Å². The molecule has 0 aromatic heterocycles. The summed E-state index contributed by atoms with van der Waals surface area (Å²) in [5.41, 5.74) is -1.12. The van der Waals surface area contributed by atoms with Crippen molar-refractivity contribution < 1.29 is 22.9 Å². The number of nitro benzene ring substituents is 1. The largest absolute Gasteiger partial charge is 0.444 e. The lowest BCUT2D eigenvalue weighted by Crippen LogP contribution is -2.39. The Morgan fingerprint density at radius 2 is 1.92 bits per heavy atom. The topological polar surface area (TPSA) is 128 Å². The fraction of sp³-hybridized carbons (Fsp3) is 0.533. The number of nitrogens with zero attached hydrogens (tertiary/aromatic N) is 1. The molecule has 0 fully saturated rings. The summed E-state index contributed by atoms with van der Waals surface area (Å²) in [5, 5.41) is 13.5. The Labute approximate surface area is 147 Å². The molecule has 140 valence electrons. The zero-order valence-electron chi connectivity index (χ0n) is 14.6. The van der Waals surface area contributed by atoms with Crippen LogP contribution in [0.1, 0.15) is 34.1 Å². The van der Waals surface area contributed by atoms with Gasteiger partial charge < -0.3 is 10.1 Å². The minimum atomic E-state index is -4.02. The average molecular weight is 373 g/mol. The van der Waals surface area contributed by atoms with E-state index >= 15 is 0 Å². The van der Waals surface area contributed by atoms with Crippen LogP contribution in [-0.2, 0) is 14.8 Å². The number of amides is 1. The molecule has 0 aliphatic rings. The predicted molar refractivity (Wildman–Crippen MR) is 91.7 cm³/mol. The van der Waals surface area contributed by atoms with Gasteiger partial charge in [-0.15, -0.1) is 0 Å². The number of hydrogen-bond acceptors (Lipinski definition) is 6. The molecule has 0 unspecified atom stereocenters. The van der Waals surface area contributed by atoms with Gasteiger partial charge in [0, 0.05) is 18.7 Å². The van der Waals surface area contributed by atoms with Crippen LogP contribution in [0.4, 0.5) is 10.5 Å². The predicted octanol–water partition coefficient (Wildman–Crippen LogP) is 2.18. The number of nitrogens with one attached hydrogen (secondary N) is 2. The fourth-order valence-electron chi connectivity index (χ4n) is 1.90. The third kappa shape index (κ3) is 7.06. The van der Waals surface area contributed by atoms with Crippen molar-refractivity contribution in [2.45, 2.75) is 50.7 Å². The van der Waals surface area contributed by atoms with E-state index in [1.165, 1.54) is 18.2 Å². The van der Waals surface area contributed by atoms with Gasteiger partial charge in [0.1, 0.15) is 5.60 Å². The minimum absolute atomic E-state index is 0.00530. The van der Waals surface area contributed by atoms with Crippen molar-refractivity contribution in [2.75, 3.05) is 6.54 Å². The Kier molecular flexibility index (Phi) is 6.88. The summed E-state index contributed by atoms with van der Waals surface area (Å²) in [7, 11) is -4.02. The van der Waals surface area contributed by atoms with E-state index in [0.717, 1.165) is 6.07 Å². The van der Waals surface area contributed by atoms with Crippen LogP contribution in [0.3, 0.4) is 0 Å². The highest BCUT2D eigenvalue weighted by atomic mass is 32.2. The summed E-state index contributed by atoms with van der Waals surface area (Å²) >= 11 is 0. The Balaban J connectivity index is 2.61. The van der Waals surface area contributed by atoms with Crippen LogP contribution in [0.5, 0.6) is 0 Å². The summed E-state index contributed by atoms with van der Waals surface area (Å²) in [6.07, 6.45) is -0.305. The summed E-state index contributed by atoms with van der Waals surface area (Å²) in [5.74, 6) is 0. The minimum Gasteiger partial charge on any atom is -0.444 e. The molecule has 1 atom stereocenters. The zero-order valence-corrected chi connectivity index (χ0v) is 15.4. The van der Waals surface area contributed by atoms with E-state index < -0.39 is 37.2 Å². The van der Waals surface area contributed by atoms with Gasteiger partial charge in [0.2, 0.25) is 10.0 Å². The molecular weight excluding hydrogens is 350 g/mol. The normalized spacial score (nSPS) is 13.1. The lowest BCUT2D eigenvalue weighted by atomic mass is 10.2. The van der Waals surface area contributed by atoms with Crippen LogP contribution < -0.4 is 10.0 Å². The molecule has 0 bridgehead atoms. The third-order valence-corrected chi connectivity index (χ3v) is 4.49. The highest BCUT2D eigenvalue weighted by Crippen LogP contribution is 2.22. The molecule has 2 N–H and O–H groups in total. The number of carbonyl (C=O) groups is 1. The molecule has 9 nitrogen and oxygen atoms in total. The SMILES string of the molecule is C[C@@H](CCNS(=O)(=O)c1ccccc1[N+](=O)[O-])NC(=O)OC(C)(C)C. The van der Waals surface area contributed by atoms with Crippen molar-refractivity contribution >= 4 is 21.8 Å². The molecular formula is C15H23N3O6S. The first-order valence-electron chi connectivity index (χ1n) is 7.65.